The molecule has 1 heterocycles. The van der Waals surface area contributed by atoms with Crippen molar-refractivity contribution in [3.8, 4) is 5.75 Å². The van der Waals surface area contributed by atoms with E-state index in [2.05, 4.69) is 0 Å². The van der Waals surface area contributed by atoms with Crippen LogP contribution in [0.15, 0.2) is 65.6 Å². The quantitative estimate of drug-likeness (QED) is 0.665. The molecule has 1 aliphatic rings. The van der Waals surface area contributed by atoms with Gasteiger partial charge in [-0.05, 0) is 35.2 Å². The molecule has 0 bridgehead atoms. The summed E-state index contributed by atoms with van der Waals surface area (Å²) in [4.78, 5) is 14.6. The van der Waals surface area contributed by atoms with Gasteiger partial charge in [0.05, 0.1) is 17.7 Å². The second-order valence-corrected chi connectivity index (χ2v) is 8.57. The molecule has 0 saturated heterocycles. The fourth-order valence-electron chi connectivity index (χ4n) is 3.47. The molecule has 144 valence electrons. The first-order chi connectivity index (χ1) is 13.4. The Morgan fingerprint density at radius 3 is 2.39 bits per heavy atom. The first kappa shape index (κ1) is 18.3. The molecule has 0 saturated carbocycles. The van der Waals surface area contributed by atoms with E-state index in [1.54, 1.807) is 38.4 Å². The van der Waals surface area contributed by atoms with E-state index in [1.807, 2.05) is 36.4 Å². The Morgan fingerprint density at radius 1 is 1.04 bits per heavy atom. The van der Waals surface area contributed by atoms with Crippen LogP contribution in [-0.4, -0.2) is 39.9 Å². The monoisotopic (exact) mass is 396 g/mol. The molecular formula is C21H20N2O4S. The number of methoxy groups -OCH3 is 1. The molecule has 28 heavy (non-hydrogen) atoms. The molecule has 0 unspecified atom stereocenters. The van der Waals surface area contributed by atoms with Gasteiger partial charge in [0.25, 0.3) is 10.0 Å². The number of rotatable bonds is 5. The lowest BCUT2D eigenvalue weighted by atomic mass is 10.1. The van der Waals surface area contributed by atoms with Crippen LogP contribution in [-0.2, 0) is 21.4 Å². The maximum absolute atomic E-state index is 13.0. The van der Waals surface area contributed by atoms with Gasteiger partial charge in [-0.2, -0.15) is 0 Å². The third-order valence-electron chi connectivity index (χ3n) is 4.96. The Bertz CT molecular complexity index is 1150. The molecule has 3 aromatic rings. The van der Waals surface area contributed by atoms with Crippen LogP contribution in [0.2, 0.25) is 0 Å². The molecule has 4 rings (SSSR count). The molecule has 1 aliphatic heterocycles. The zero-order chi connectivity index (χ0) is 19.9. The number of likely N-dealkylation sites (N-methyl/N-ethyl adjacent to an activating group) is 1. The zero-order valence-electron chi connectivity index (χ0n) is 15.6. The lowest BCUT2D eigenvalue weighted by Gasteiger charge is -2.23. The van der Waals surface area contributed by atoms with Crippen LogP contribution in [0.4, 0.5) is 5.69 Å². The topological polar surface area (TPSA) is 66.9 Å². The van der Waals surface area contributed by atoms with Gasteiger partial charge < -0.3 is 9.64 Å². The smallest absolute Gasteiger partial charge is 0.265 e. The van der Waals surface area contributed by atoms with Crippen LogP contribution in [0.5, 0.6) is 5.75 Å². The van der Waals surface area contributed by atoms with Crippen LogP contribution >= 0.6 is 0 Å². The predicted molar refractivity (Wildman–Crippen MR) is 108 cm³/mol. The lowest BCUT2D eigenvalue weighted by Crippen LogP contribution is -2.39. The average molecular weight is 396 g/mol. The fraction of sp³-hybridized carbons (Fsp3) is 0.190. The number of ether oxygens (including phenoxy) is 1. The summed E-state index contributed by atoms with van der Waals surface area (Å²) in [6.07, 6.45) is 0. The van der Waals surface area contributed by atoms with Crippen molar-refractivity contribution in [3.63, 3.8) is 0 Å². The molecule has 0 spiro atoms. The van der Waals surface area contributed by atoms with Crippen LogP contribution in [0.3, 0.4) is 0 Å². The Morgan fingerprint density at radius 2 is 1.71 bits per heavy atom. The summed E-state index contributed by atoms with van der Waals surface area (Å²) in [5.74, 6) is 0.468. The molecule has 1 amide bonds. The van der Waals surface area contributed by atoms with E-state index in [1.165, 1.54) is 9.21 Å². The van der Waals surface area contributed by atoms with Crippen molar-refractivity contribution in [2.24, 2.45) is 0 Å². The molecule has 0 aromatic heterocycles. The third kappa shape index (κ3) is 2.97. The summed E-state index contributed by atoms with van der Waals surface area (Å²) in [6.45, 7) is 0.149. The highest BCUT2D eigenvalue weighted by Gasteiger charge is 2.37. The van der Waals surface area contributed by atoms with Crippen molar-refractivity contribution in [1.82, 2.24) is 4.90 Å². The Hall–Kier alpha value is -3.06. The Balaban J connectivity index is 1.57. The van der Waals surface area contributed by atoms with E-state index < -0.39 is 10.0 Å². The van der Waals surface area contributed by atoms with E-state index in [0.717, 1.165) is 16.7 Å². The summed E-state index contributed by atoms with van der Waals surface area (Å²) in [5.41, 5.74) is 1.49. The highest BCUT2D eigenvalue weighted by Crippen LogP contribution is 2.41. The minimum absolute atomic E-state index is 0.233. The third-order valence-corrected chi connectivity index (χ3v) is 6.77. The molecular weight excluding hydrogens is 376 g/mol. The molecule has 6 nitrogen and oxygen atoms in total. The van der Waals surface area contributed by atoms with E-state index in [0.29, 0.717) is 17.6 Å². The van der Waals surface area contributed by atoms with Crippen molar-refractivity contribution in [2.45, 2.75) is 11.4 Å². The van der Waals surface area contributed by atoms with Crippen LogP contribution in [0.25, 0.3) is 10.8 Å². The van der Waals surface area contributed by atoms with Gasteiger partial charge in [-0.25, -0.2) is 8.42 Å². The minimum Gasteiger partial charge on any atom is -0.497 e. The standard InChI is InChI=1S/C21H20N2O4S/c1-22(13-15-9-11-17(27-2)12-10-15)20(24)14-23-18-7-3-5-16-6-4-8-19(21(16)18)28(23,25)26/h3-12H,13-14H2,1-2H3. The van der Waals surface area contributed by atoms with E-state index in [-0.39, 0.29) is 17.3 Å². The number of hydrogen-bond donors (Lipinski definition) is 0. The van der Waals surface area contributed by atoms with Gasteiger partial charge in [-0.3, -0.25) is 9.10 Å². The van der Waals surface area contributed by atoms with E-state index in [9.17, 15) is 13.2 Å². The number of benzene rings is 3. The second-order valence-electron chi connectivity index (χ2n) is 6.74. The van der Waals surface area contributed by atoms with Crippen LogP contribution in [0.1, 0.15) is 5.56 Å². The molecule has 0 fully saturated rings. The number of sulfonamides is 1. The predicted octanol–water partition coefficient (Wildman–Crippen LogP) is 3.02. The highest BCUT2D eigenvalue weighted by atomic mass is 32.2. The molecule has 7 heteroatoms. The number of amides is 1. The minimum atomic E-state index is -3.74. The number of carbonyl (C=O) groups excluding carboxylic acids is 1. The van der Waals surface area contributed by atoms with E-state index >= 15 is 0 Å². The number of nitrogens with zero attached hydrogens (tertiary/aromatic N) is 2. The first-order valence-corrected chi connectivity index (χ1v) is 10.3. The largest absolute Gasteiger partial charge is 0.497 e. The molecule has 3 aromatic carbocycles. The van der Waals surface area contributed by atoms with Crippen molar-refractivity contribution >= 4 is 32.4 Å². The zero-order valence-corrected chi connectivity index (χ0v) is 16.4. The SMILES string of the molecule is COc1ccc(CN(C)C(=O)CN2c3cccc4cccc(c34)S2(=O)=O)cc1. The maximum Gasteiger partial charge on any atom is 0.265 e. The Kier molecular flexibility index (Phi) is 4.47. The van der Waals surface area contributed by atoms with Gasteiger partial charge in [0.15, 0.2) is 0 Å². The van der Waals surface area contributed by atoms with Crippen molar-refractivity contribution in [1.29, 1.82) is 0 Å². The summed E-state index contributed by atoms with van der Waals surface area (Å²) < 4.78 is 32.3. The molecule has 0 aliphatic carbocycles. The summed E-state index contributed by atoms with van der Waals surface area (Å²) in [5, 5.41) is 1.52. The molecule has 0 radical (unpaired) electrons. The average Bonchev–Trinajstić information content (AvgIpc) is 2.92. The number of anilines is 1. The van der Waals surface area contributed by atoms with Crippen molar-refractivity contribution in [2.75, 3.05) is 25.0 Å². The van der Waals surface area contributed by atoms with Gasteiger partial charge in [0.2, 0.25) is 5.91 Å². The van der Waals surface area contributed by atoms with Crippen LogP contribution < -0.4 is 9.04 Å². The van der Waals surface area contributed by atoms with Gasteiger partial charge >= 0.3 is 0 Å². The number of hydrogen-bond acceptors (Lipinski definition) is 4. The fourth-order valence-corrected chi connectivity index (χ4v) is 5.12. The highest BCUT2D eigenvalue weighted by molar-refractivity contribution is 7.93. The van der Waals surface area contributed by atoms with Gasteiger partial charge in [0.1, 0.15) is 12.3 Å². The lowest BCUT2D eigenvalue weighted by molar-refractivity contribution is -0.128. The molecule has 0 N–H and O–H groups in total. The summed E-state index contributed by atoms with van der Waals surface area (Å²) in [7, 11) is -0.473. The summed E-state index contributed by atoms with van der Waals surface area (Å²) >= 11 is 0. The second kappa shape index (κ2) is 6.83. The Labute approximate surface area is 164 Å². The van der Waals surface area contributed by atoms with Crippen LogP contribution in [0, 0.1) is 0 Å². The first-order valence-electron chi connectivity index (χ1n) is 8.83. The van der Waals surface area contributed by atoms with Gasteiger partial charge in [-0.1, -0.05) is 36.4 Å². The maximum atomic E-state index is 13.0. The molecule has 0 atom stereocenters. The summed E-state index contributed by atoms with van der Waals surface area (Å²) in [6, 6.07) is 18.0. The van der Waals surface area contributed by atoms with Gasteiger partial charge in [0, 0.05) is 19.0 Å². The van der Waals surface area contributed by atoms with Gasteiger partial charge in [-0.15, -0.1) is 0 Å². The number of carbonyl (C=O) groups is 1. The normalized spacial score (nSPS) is 14.3. The van der Waals surface area contributed by atoms with Crippen molar-refractivity contribution < 1.29 is 17.9 Å². The van der Waals surface area contributed by atoms with Crippen molar-refractivity contribution in [3.05, 3.63) is 66.2 Å². The van der Waals surface area contributed by atoms with E-state index in [4.69, 9.17) is 4.74 Å².